The van der Waals surface area contributed by atoms with Crippen LogP contribution in [0.15, 0.2) is 11.6 Å². The van der Waals surface area contributed by atoms with Gasteiger partial charge in [0.2, 0.25) is 0 Å². The van der Waals surface area contributed by atoms with Gasteiger partial charge in [-0.2, -0.15) is 0 Å². The SMILES string of the molecule is CC(NCC1(C)COCC1N)c1nccs1. The highest BCUT2D eigenvalue weighted by Gasteiger charge is 2.37. The summed E-state index contributed by atoms with van der Waals surface area (Å²) in [6, 6.07) is 0.410. The van der Waals surface area contributed by atoms with E-state index in [1.54, 1.807) is 11.3 Å². The molecule has 2 heterocycles. The molecule has 16 heavy (non-hydrogen) atoms. The van der Waals surface area contributed by atoms with Crippen LogP contribution in [0.2, 0.25) is 0 Å². The minimum atomic E-state index is 0.0471. The Morgan fingerprint density at radius 1 is 1.81 bits per heavy atom. The highest BCUT2D eigenvalue weighted by Crippen LogP contribution is 2.27. The molecule has 0 aliphatic carbocycles. The average molecular weight is 241 g/mol. The highest BCUT2D eigenvalue weighted by molar-refractivity contribution is 7.09. The zero-order valence-electron chi connectivity index (χ0n) is 9.77. The Morgan fingerprint density at radius 2 is 2.62 bits per heavy atom. The van der Waals surface area contributed by atoms with E-state index in [9.17, 15) is 0 Å². The van der Waals surface area contributed by atoms with Crippen LogP contribution in [0.1, 0.15) is 24.9 Å². The minimum absolute atomic E-state index is 0.0471. The topological polar surface area (TPSA) is 60.2 Å². The Labute approximate surface area is 100 Å². The van der Waals surface area contributed by atoms with Gasteiger partial charge in [0.05, 0.1) is 19.3 Å². The molecule has 0 spiro atoms. The van der Waals surface area contributed by atoms with Crippen LogP contribution >= 0.6 is 11.3 Å². The van der Waals surface area contributed by atoms with Crippen molar-refractivity contribution < 1.29 is 4.74 Å². The van der Waals surface area contributed by atoms with Crippen LogP contribution in [-0.4, -0.2) is 30.8 Å². The number of nitrogens with two attached hydrogens (primary N) is 1. The first-order valence-corrected chi connectivity index (χ1v) is 6.46. The lowest BCUT2D eigenvalue weighted by Crippen LogP contribution is -2.45. The summed E-state index contributed by atoms with van der Waals surface area (Å²) in [6.07, 6.45) is 1.84. The van der Waals surface area contributed by atoms with E-state index < -0.39 is 0 Å². The molecule has 1 saturated heterocycles. The van der Waals surface area contributed by atoms with Gasteiger partial charge in [0, 0.05) is 29.6 Å². The fraction of sp³-hybridized carbons (Fsp3) is 0.727. The maximum atomic E-state index is 6.04. The molecule has 0 bridgehead atoms. The van der Waals surface area contributed by atoms with Gasteiger partial charge in [0.25, 0.3) is 0 Å². The predicted octanol–water partition coefficient (Wildman–Crippen LogP) is 1.16. The lowest BCUT2D eigenvalue weighted by molar-refractivity contribution is 0.156. The zero-order chi connectivity index (χ0) is 11.6. The number of nitrogens with zero attached hydrogens (tertiary/aromatic N) is 1. The number of thiazole rings is 1. The molecule has 5 heteroatoms. The van der Waals surface area contributed by atoms with Gasteiger partial charge >= 0.3 is 0 Å². The number of hydrogen-bond donors (Lipinski definition) is 2. The molecule has 3 N–H and O–H groups in total. The van der Waals surface area contributed by atoms with Crippen molar-refractivity contribution >= 4 is 11.3 Å². The number of hydrogen-bond acceptors (Lipinski definition) is 5. The van der Waals surface area contributed by atoms with E-state index >= 15 is 0 Å². The van der Waals surface area contributed by atoms with Crippen LogP contribution < -0.4 is 11.1 Å². The Morgan fingerprint density at radius 3 is 3.19 bits per heavy atom. The third kappa shape index (κ3) is 2.43. The summed E-state index contributed by atoms with van der Waals surface area (Å²) in [6.45, 7) is 6.58. The van der Waals surface area contributed by atoms with E-state index in [1.165, 1.54) is 0 Å². The molecule has 3 atom stereocenters. The van der Waals surface area contributed by atoms with Crippen molar-refractivity contribution in [3.63, 3.8) is 0 Å². The molecular weight excluding hydrogens is 222 g/mol. The lowest BCUT2D eigenvalue weighted by atomic mass is 9.85. The fourth-order valence-corrected chi connectivity index (χ4v) is 2.50. The molecule has 1 aromatic rings. The number of aromatic nitrogens is 1. The molecule has 3 unspecified atom stereocenters. The molecule has 0 aromatic carbocycles. The van der Waals surface area contributed by atoms with Crippen LogP contribution in [0.3, 0.4) is 0 Å². The van der Waals surface area contributed by atoms with Crippen LogP contribution in [0.5, 0.6) is 0 Å². The summed E-state index contributed by atoms with van der Waals surface area (Å²) in [5.74, 6) is 0. The van der Waals surface area contributed by atoms with Gasteiger partial charge in [-0.25, -0.2) is 4.98 Å². The van der Waals surface area contributed by atoms with E-state index in [1.807, 2.05) is 11.6 Å². The fourth-order valence-electron chi connectivity index (χ4n) is 1.83. The molecule has 4 nitrogen and oxygen atoms in total. The van der Waals surface area contributed by atoms with E-state index in [-0.39, 0.29) is 17.5 Å². The molecule has 1 aromatic heterocycles. The first-order chi connectivity index (χ1) is 7.62. The second-order valence-corrected chi connectivity index (χ2v) is 5.67. The molecule has 0 saturated carbocycles. The van der Waals surface area contributed by atoms with E-state index in [2.05, 4.69) is 24.1 Å². The van der Waals surface area contributed by atoms with E-state index in [0.29, 0.717) is 6.61 Å². The third-order valence-electron chi connectivity index (χ3n) is 3.26. The van der Waals surface area contributed by atoms with Gasteiger partial charge in [-0.15, -0.1) is 11.3 Å². The summed E-state index contributed by atoms with van der Waals surface area (Å²) < 4.78 is 5.42. The predicted molar refractivity (Wildman–Crippen MR) is 65.4 cm³/mol. The van der Waals surface area contributed by atoms with Crippen molar-refractivity contribution in [3.8, 4) is 0 Å². The van der Waals surface area contributed by atoms with Crippen molar-refractivity contribution in [2.75, 3.05) is 19.8 Å². The molecule has 1 fully saturated rings. The van der Waals surface area contributed by atoms with E-state index in [0.717, 1.165) is 18.2 Å². The van der Waals surface area contributed by atoms with Crippen molar-refractivity contribution in [2.45, 2.75) is 25.9 Å². The third-order valence-corrected chi connectivity index (χ3v) is 4.22. The van der Waals surface area contributed by atoms with Gasteiger partial charge in [-0.05, 0) is 6.92 Å². The summed E-state index contributed by atoms with van der Waals surface area (Å²) in [4.78, 5) is 4.30. The molecule has 0 radical (unpaired) electrons. The Bertz CT molecular complexity index is 330. The van der Waals surface area contributed by atoms with E-state index in [4.69, 9.17) is 10.5 Å². The highest BCUT2D eigenvalue weighted by atomic mass is 32.1. The van der Waals surface area contributed by atoms with Crippen molar-refractivity contribution in [3.05, 3.63) is 16.6 Å². The van der Waals surface area contributed by atoms with Gasteiger partial charge in [-0.3, -0.25) is 0 Å². The monoisotopic (exact) mass is 241 g/mol. The molecular formula is C11H19N3OS. The molecule has 1 aliphatic heterocycles. The first-order valence-electron chi connectivity index (χ1n) is 5.58. The van der Waals surface area contributed by atoms with Crippen LogP contribution in [0, 0.1) is 5.41 Å². The summed E-state index contributed by atoms with van der Waals surface area (Å²) >= 11 is 1.68. The molecule has 1 aliphatic rings. The Balaban J connectivity index is 1.87. The normalized spacial score (nSPS) is 31.8. The maximum Gasteiger partial charge on any atom is 0.109 e. The molecule has 2 rings (SSSR count). The quantitative estimate of drug-likeness (QED) is 0.830. The smallest absolute Gasteiger partial charge is 0.109 e. The Kier molecular flexibility index (Phi) is 3.59. The number of rotatable bonds is 4. The second-order valence-electron chi connectivity index (χ2n) is 4.75. The lowest BCUT2D eigenvalue weighted by Gasteiger charge is -2.28. The van der Waals surface area contributed by atoms with Crippen molar-refractivity contribution in [2.24, 2.45) is 11.1 Å². The maximum absolute atomic E-state index is 6.04. The standard InChI is InChI=1S/C11H19N3OS/c1-8(10-13-3-4-16-10)14-6-11(2)7-15-5-9(11)12/h3-4,8-9,14H,5-7,12H2,1-2H3. The van der Waals surface area contributed by atoms with Gasteiger partial charge in [0.15, 0.2) is 0 Å². The van der Waals surface area contributed by atoms with Gasteiger partial charge < -0.3 is 15.8 Å². The summed E-state index contributed by atoms with van der Waals surface area (Å²) in [5.41, 5.74) is 6.09. The average Bonchev–Trinajstić information content (AvgIpc) is 2.87. The summed E-state index contributed by atoms with van der Waals surface area (Å²) in [7, 11) is 0. The Hall–Kier alpha value is -0.490. The zero-order valence-corrected chi connectivity index (χ0v) is 10.6. The summed E-state index contributed by atoms with van der Waals surface area (Å²) in [5, 5.41) is 6.61. The molecule has 90 valence electrons. The van der Waals surface area contributed by atoms with Gasteiger partial charge in [-0.1, -0.05) is 6.92 Å². The van der Waals surface area contributed by atoms with Crippen LogP contribution in [-0.2, 0) is 4.74 Å². The number of nitrogens with one attached hydrogen (secondary N) is 1. The number of ether oxygens (including phenoxy) is 1. The molecule has 0 amide bonds. The van der Waals surface area contributed by atoms with Crippen molar-refractivity contribution in [1.82, 2.24) is 10.3 Å². The van der Waals surface area contributed by atoms with Crippen LogP contribution in [0.25, 0.3) is 0 Å². The van der Waals surface area contributed by atoms with Gasteiger partial charge in [0.1, 0.15) is 5.01 Å². The minimum Gasteiger partial charge on any atom is -0.379 e. The second kappa shape index (κ2) is 4.79. The largest absolute Gasteiger partial charge is 0.379 e. The van der Waals surface area contributed by atoms with Crippen molar-refractivity contribution in [1.29, 1.82) is 0 Å². The van der Waals surface area contributed by atoms with Crippen LogP contribution in [0.4, 0.5) is 0 Å². The first kappa shape index (κ1) is 12.0.